The third kappa shape index (κ3) is 5.50. The molecule has 8 heteroatoms. The lowest BCUT2D eigenvalue weighted by atomic mass is 9.79. The van der Waals surface area contributed by atoms with E-state index in [1.807, 2.05) is 24.5 Å². The summed E-state index contributed by atoms with van der Waals surface area (Å²) in [6.45, 7) is 2.80. The van der Waals surface area contributed by atoms with Crippen LogP contribution < -0.4 is 10.6 Å². The average Bonchev–Trinajstić information content (AvgIpc) is 2.82. The van der Waals surface area contributed by atoms with Crippen LogP contribution in [0.25, 0.3) is 10.8 Å². The highest BCUT2D eigenvalue weighted by atomic mass is 32.2. The number of fused-ring (bicyclic) bond motifs is 1. The lowest BCUT2D eigenvalue weighted by Crippen LogP contribution is -2.33. The van der Waals surface area contributed by atoms with Crippen LogP contribution in [0.2, 0.25) is 0 Å². The molecular formula is C25H30N4O3S. The number of carbonyl (C=O) groups excluding carboxylic acids is 1. The van der Waals surface area contributed by atoms with Crippen LogP contribution in [-0.2, 0) is 14.6 Å². The first-order valence-corrected chi connectivity index (χ1v) is 13.3. The third-order valence-corrected chi connectivity index (χ3v) is 7.40. The first-order valence-electron chi connectivity index (χ1n) is 11.4. The molecule has 33 heavy (non-hydrogen) atoms. The van der Waals surface area contributed by atoms with Crippen LogP contribution in [0, 0.1) is 5.92 Å². The van der Waals surface area contributed by atoms with E-state index in [4.69, 9.17) is 4.98 Å². The van der Waals surface area contributed by atoms with E-state index in [9.17, 15) is 13.2 Å². The van der Waals surface area contributed by atoms with E-state index in [0.29, 0.717) is 11.7 Å². The first kappa shape index (κ1) is 23.2. The van der Waals surface area contributed by atoms with E-state index in [-0.39, 0.29) is 16.7 Å². The van der Waals surface area contributed by atoms with Crippen molar-refractivity contribution in [2.75, 3.05) is 18.1 Å². The van der Waals surface area contributed by atoms with Gasteiger partial charge in [-0.25, -0.2) is 13.4 Å². The standard InChI is InChI=1S/C25H30N4O3S/c1-3-13-27-25(30)18-6-4-17(5-7-18)24-22-15-23(28-16-19(22)12-14-26-24)29-20-8-10-21(11-9-20)33(2,31)32/h8-12,14-18H,3-7,13H2,1-2H3,(H,27,30)(H,28,29). The van der Waals surface area contributed by atoms with Gasteiger partial charge in [0, 0.05) is 53.5 Å². The fourth-order valence-electron chi connectivity index (χ4n) is 4.44. The van der Waals surface area contributed by atoms with Crippen molar-refractivity contribution in [2.24, 2.45) is 5.92 Å². The smallest absolute Gasteiger partial charge is 0.223 e. The quantitative estimate of drug-likeness (QED) is 0.529. The Balaban J connectivity index is 1.51. The number of carbonyl (C=O) groups is 1. The topological polar surface area (TPSA) is 101 Å². The van der Waals surface area contributed by atoms with Crippen LogP contribution in [0.3, 0.4) is 0 Å². The summed E-state index contributed by atoms with van der Waals surface area (Å²) >= 11 is 0. The van der Waals surface area contributed by atoms with Crippen LogP contribution in [0.4, 0.5) is 11.5 Å². The van der Waals surface area contributed by atoms with Crippen molar-refractivity contribution in [1.29, 1.82) is 0 Å². The molecule has 174 valence electrons. The van der Waals surface area contributed by atoms with E-state index in [2.05, 4.69) is 22.5 Å². The van der Waals surface area contributed by atoms with Crippen LogP contribution in [-0.4, -0.2) is 37.1 Å². The predicted molar refractivity (Wildman–Crippen MR) is 130 cm³/mol. The minimum Gasteiger partial charge on any atom is -0.356 e. The van der Waals surface area contributed by atoms with Crippen molar-refractivity contribution in [2.45, 2.75) is 49.8 Å². The monoisotopic (exact) mass is 466 g/mol. The largest absolute Gasteiger partial charge is 0.356 e. The summed E-state index contributed by atoms with van der Waals surface area (Å²) in [5.74, 6) is 1.26. The van der Waals surface area contributed by atoms with Gasteiger partial charge in [0.15, 0.2) is 9.84 Å². The van der Waals surface area contributed by atoms with Crippen molar-refractivity contribution < 1.29 is 13.2 Å². The molecule has 0 unspecified atom stereocenters. The molecule has 1 aromatic carbocycles. The zero-order valence-corrected chi connectivity index (χ0v) is 19.9. The molecule has 0 spiro atoms. The van der Waals surface area contributed by atoms with Gasteiger partial charge in [0.25, 0.3) is 0 Å². The number of hydrogen-bond acceptors (Lipinski definition) is 6. The van der Waals surface area contributed by atoms with Gasteiger partial charge >= 0.3 is 0 Å². The summed E-state index contributed by atoms with van der Waals surface area (Å²) in [5, 5.41) is 8.37. The zero-order chi connectivity index (χ0) is 23.4. The fraction of sp³-hybridized carbons (Fsp3) is 0.400. The maximum Gasteiger partial charge on any atom is 0.223 e. The third-order valence-electron chi connectivity index (χ3n) is 6.27. The zero-order valence-electron chi connectivity index (χ0n) is 19.0. The van der Waals surface area contributed by atoms with Crippen molar-refractivity contribution in [3.05, 3.63) is 54.5 Å². The van der Waals surface area contributed by atoms with E-state index in [1.54, 1.807) is 24.3 Å². The summed E-state index contributed by atoms with van der Waals surface area (Å²) in [7, 11) is -3.23. The summed E-state index contributed by atoms with van der Waals surface area (Å²) in [4.78, 5) is 21.8. The molecule has 0 radical (unpaired) electrons. The normalized spacial score (nSPS) is 18.7. The Kier molecular flexibility index (Phi) is 6.93. The number of anilines is 2. The molecule has 2 aromatic heterocycles. The molecule has 4 rings (SSSR count). The molecule has 3 aromatic rings. The van der Waals surface area contributed by atoms with Gasteiger partial charge in [-0.15, -0.1) is 0 Å². The highest BCUT2D eigenvalue weighted by Gasteiger charge is 2.28. The van der Waals surface area contributed by atoms with Gasteiger partial charge in [-0.05, 0) is 68.5 Å². The van der Waals surface area contributed by atoms with Crippen LogP contribution >= 0.6 is 0 Å². The number of benzene rings is 1. The summed E-state index contributed by atoms with van der Waals surface area (Å²) < 4.78 is 23.4. The molecule has 7 nitrogen and oxygen atoms in total. The SMILES string of the molecule is CCCNC(=O)C1CCC(c2nccc3cnc(Nc4ccc(S(C)(=O)=O)cc4)cc23)CC1. The Morgan fingerprint density at radius 1 is 1.06 bits per heavy atom. The number of nitrogens with one attached hydrogen (secondary N) is 2. The number of amides is 1. The van der Waals surface area contributed by atoms with Gasteiger partial charge in [-0.3, -0.25) is 9.78 Å². The number of nitrogens with zero attached hydrogens (tertiary/aromatic N) is 2. The second-order valence-corrected chi connectivity index (χ2v) is 10.8. The lowest BCUT2D eigenvalue weighted by molar-refractivity contribution is -0.126. The molecule has 1 aliphatic carbocycles. The number of pyridine rings is 2. The highest BCUT2D eigenvalue weighted by Crippen LogP contribution is 2.38. The average molecular weight is 467 g/mol. The Bertz CT molecular complexity index is 1230. The number of sulfone groups is 1. The molecule has 0 aliphatic heterocycles. The van der Waals surface area contributed by atoms with E-state index >= 15 is 0 Å². The van der Waals surface area contributed by atoms with Crippen molar-refractivity contribution in [3.8, 4) is 0 Å². The molecule has 1 aliphatic rings. The lowest BCUT2D eigenvalue weighted by Gasteiger charge is -2.28. The van der Waals surface area contributed by atoms with Crippen LogP contribution in [0.1, 0.15) is 50.6 Å². The van der Waals surface area contributed by atoms with Crippen molar-refractivity contribution >= 4 is 38.0 Å². The molecule has 1 amide bonds. The molecule has 0 saturated heterocycles. The summed E-state index contributed by atoms with van der Waals surface area (Å²) in [6, 6.07) is 10.6. The van der Waals surface area contributed by atoms with Crippen LogP contribution in [0.5, 0.6) is 0 Å². The highest BCUT2D eigenvalue weighted by molar-refractivity contribution is 7.90. The molecule has 1 saturated carbocycles. The fourth-order valence-corrected chi connectivity index (χ4v) is 5.07. The second kappa shape index (κ2) is 9.87. The predicted octanol–water partition coefficient (Wildman–Crippen LogP) is 4.58. The number of aromatic nitrogens is 2. The molecule has 1 fully saturated rings. The minimum absolute atomic E-state index is 0.0941. The summed E-state index contributed by atoms with van der Waals surface area (Å²) in [6.07, 6.45) is 9.44. The Hall–Kier alpha value is -3.00. The summed E-state index contributed by atoms with van der Waals surface area (Å²) in [5.41, 5.74) is 1.82. The van der Waals surface area contributed by atoms with Gasteiger partial charge in [0.1, 0.15) is 5.82 Å². The van der Waals surface area contributed by atoms with Gasteiger partial charge in [0.05, 0.1) is 10.6 Å². The molecular weight excluding hydrogens is 436 g/mol. The molecule has 2 N–H and O–H groups in total. The Morgan fingerprint density at radius 2 is 1.79 bits per heavy atom. The maximum absolute atomic E-state index is 12.3. The molecule has 0 atom stereocenters. The number of rotatable bonds is 7. The van der Waals surface area contributed by atoms with Gasteiger partial charge < -0.3 is 10.6 Å². The first-order chi connectivity index (χ1) is 15.8. The number of hydrogen-bond donors (Lipinski definition) is 2. The van der Waals surface area contributed by atoms with Crippen LogP contribution in [0.15, 0.2) is 53.7 Å². The minimum atomic E-state index is -3.23. The van der Waals surface area contributed by atoms with Crippen molar-refractivity contribution in [1.82, 2.24) is 15.3 Å². The van der Waals surface area contributed by atoms with Crippen molar-refractivity contribution in [3.63, 3.8) is 0 Å². The Labute approximate surface area is 195 Å². The van der Waals surface area contributed by atoms with Gasteiger partial charge in [-0.2, -0.15) is 0 Å². The van der Waals surface area contributed by atoms with Gasteiger partial charge in [0.2, 0.25) is 5.91 Å². The van der Waals surface area contributed by atoms with E-state index in [0.717, 1.165) is 60.8 Å². The maximum atomic E-state index is 12.3. The molecule has 0 bridgehead atoms. The second-order valence-electron chi connectivity index (χ2n) is 8.75. The van der Waals surface area contributed by atoms with Gasteiger partial charge in [-0.1, -0.05) is 6.92 Å². The molecule has 2 heterocycles. The van der Waals surface area contributed by atoms with E-state index in [1.165, 1.54) is 6.26 Å². The van der Waals surface area contributed by atoms with E-state index < -0.39 is 9.84 Å². The Morgan fingerprint density at radius 3 is 2.45 bits per heavy atom.